The van der Waals surface area contributed by atoms with Crippen LogP contribution in [0.25, 0.3) is 0 Å². The van der Waals surface area contributed by atoms with Crippen LogP contribution in [0.4, 0.5) is 0 Å². The molecule has 0 bridgehead atoms. The van der Waals surface area contributed by atoms with E-state index >= 15 is 0 Å². The lowest BCUT2D eigenvalue weighted by Crippen LogP contribution is -2.23. The average Bonchev–Trinajstić information content (AvgIpc) is 3.22. The topological polar surface area (TPSA) is 56.8 Å². The van der Waals surface area contributed by atoms with Crippen molar-refractivity contribution in [2.45, 2.75) is 19.8 Å². The zero-order chi connectivity index (χ0) is 19.2. The molecule has 1 heterocycles. The molecule has 1 amide bonds. The van der Waals surface area contributed by atoms with Crippen LogP contribution in [0, 0.1) is 0 Å². The predicted molar refractivity (Wildman–Crippen MR) is 105 cm³/mol. The first-order valence-electron chi connectivity index (χ1n) is 9.16. The number of ether oxygens (including phenoxy) is 3. The highest BCUT2D eigenvalue weighted by atomic mass is 16.7. The van der Waals surface area contributed by atoms with Gasteiger partial charge in [0.05, 0.1) is 18.8 Å². The van der Waals surface area contributed by atoms with Crippen LogP contribution in [0.3, 0.4) is 0 Å². The van der Waals surface area contributed by atoms with Crippen LogP contribution in [-0.2, 0) is 24.5 Å². The first-order valence-corrected chi connectivity index (χ1v) is 9.16. The van der Waals surface area contributed by atoms with Crippen LogP contribution >= 0.6 is 0 Å². The molecular weight excluding hydrogens is 354 g/mol. The van der Waals surface area contributed by atoms with E-state index in [-0.39, 0.29) is 12.7 Å². The largest absolute Gasteiger partial charge is 0.454 e. The van der Waals surface area contributed by atoms with Crippen molar-refractivity contribution in [2.24, 2.45) is 0 Å². The molecule has 0 fully saturated rings. The molecule has 0 unspecified atom stereocenters. The summed E-state index contributed by atoms with van der Waals surface area (Å²) in [6.07, 6.45) is 0. The fourth-order valence-corrected chi connectivity index (χ4v) is 3.10. The van der Waals surface area contributed by atoms with Crippen LogP contribution < -0.4 is 14.8 Å². The molecule has 28 heavy (non-hydrogen) atoms. The van der Waals surface area contributed by atoms with Crippen LogP contribution in [-0.4, -0.2) is 12.7 Å². The number of carbonyl (C=O) groups is 1. The fraction of sp³-hybridized carbons (Fsp3) is 0.174. The van der Waals surface area contributed by atoms with Gasteiger partial charge in [-0.2, -0.15) is 0 Å². The standard InChI is InChI=1S/C23H21NO4/c25-23(20-11-6-12-21-22(20)28-16-27-21)24-13-18-9-4-5-10-19(18)15-26-14-17-7-2-1-3-8-17/h1-12H,13-16H2,(H,24,25). The third kappa shape index (κ3) is 4.15. The van der Waals surface area contributed by atoms with Crippen molar-refractivity contribution in [3.05, 3.63) is 95.1 Å². The van der Waals surface area contributed by atoms with Gasteiger partial charge in [0.2, 0.25) is 6.79 Å². The summed E-state index contributed by atoms with van der Waals surface area (Å²) in [4.78, 5) is 12.6. The Hall–Kier alpha value is -3.31. The van der Waals surface area contributed by atoms with Crippen LogP contribution in [0.1, 0.15) is 27.0 Å². The second-order valence-corrected chi connectivity index (χ2v) is 6.47. The fourth-order valence-electron chi connectivity index (χ4n) is 3.10. The van der Waals surface area contributed by atoms with Crippen LogP contribution in [0.2, 0.25) is 0 Å². The van der Waals surface area contributed by atoms with Crippen molar-refractivity contribution in [3.8, 4) is 11.5 Å². The minimum atomic E-state index is -0.192. The van der Waals surface area contributed by atoms with E-state index in [0.29, 0.717) is 36.8 Å². The van der Waals surface area contributed by atoms with Gasteiger partial charge in [0.15, 0.2) is 11.5 Å². The van der Waals surface area contributed by atoms with E-state index in [4.69, 9.17) is 14.2 Å². The van der Waals surface area contributed by atoms with E-state index in [2.05, 4.69) is 5.32 Å². The second-order valence-electron chi connectivity index (χ2n) is 6.47. The Kier molecular flexibility index (Phi) is 5.54. The monoisotopic (exact) mass is 375 g/mol. The zero-order valence-electron chi connectivity index (χ0n) is 15.4. The Bertz CT molecular complexity index is 956. The molecule has 0 aliphatic carbocycles. The molecule has 0 atom stereocenters. The van der Waals surface area contributed by atoms with Gasteiger partial charge in [-0.05, 0) is 28.8 Å². The van der Waals surface area contributed by atoms with Gasteiger partial charge in [0, 0.05) is 6.54 Å². The first kappa shape index (κ1) is 18.1. The molecule has 0 spiro atoms. The van der Waals surface area contributed by atoms with Gasteiger partial charge >= 0.3 is 0 Å². The maximum Gasteiger partial charge on any atom is 0.255 e. The molecule has 4 rings (SSSR count). The second kappa shape index (κ2) is 8.59. The maximum absolute atomic E-state index is 12.6. The third-order valence-electron chi connectivity index (χ3n) is 4.57. The lowest BCUT2D eigenvalue weighted by molar-refractivity contribution is 0.0943. The number of nitrogens with one attached hydrogen (secondary N) is 1. The molecule has 0 saturated heterocycles. The van der Waals surface area contributed by atoms with Gasteiger partial charge in [-0.3, -0.25) is 4.79 Å². The van der Waals surface area contributed by atoms with Gasteiger partial charge in [0.25, 0.3) is 5.91 Å². The number of carbonyl (C=O) groups excluding carboxylic acids is 1. The number of fused-ring (bicyclic) bond motifs is 1. The van der Waals surface area contributed by atoms with Crippen LogP contribution in [0.15, 0.2) is 72.8 Å². The van der Waals surface area contributed by atoms with E-state index in [1.165, 1.54) is 0 Å². The Labute approximate surface area is 163 Å². The van der Waals surface area contributed by atoms with Crippen LogP contribution in [0.5, 0.6) is 11.5 Å². The highest BCUT2D eigenvalue weighted by molar-refractivity contribution is 5.97. The molecule has 0 aromatic heterocycles. The first-order chi connectivity index (χ1) is 13.8. The summed E-state index contributed by atoms with van der Waals surface area (Å²) < 4.78 is 16.6. The van der Waals surface area contributed by atoms with E-state index in [1.807, 2.05) is 54.6 Å². The molecule has 5 heteroatoms. The highest BCUT2D eigenvalue weighted by Crippen LogP contribution is 2.35. The number of hydrogen-bond acceptors (Lipinski definition) is 4. The average molecular weight is 375 g/mol. The predicted octanol–water partition coefficient (Wildman–Crippen LogP) is 4.06. The quantitative estimate of drug-likeness (QED) is 0.677. The minimum Gasteiger partial charge on any atom is -0.454 e. The number of benzene rings is 3. The Balaban J connectivity index is 1.37. The summed E-state index contributed by atoms with van der Waals surface area (Å²) in [7, 11) is 0. The summed E-state index contributed by atoms with van der Waals surface area (Å²) in [5, 5.41) is 2.96. The Morgan fingerprint density at radius 3 is 2.50 bits per heavy atom. The van der Waals surface area contributed by atoms with E-state index < -0.39 is 0 Å². The summed E-state index contributed by atoms with van der Waals surface area (Å²) >= 11 is 0. The molecule has 3 aromatic rings. The van der Waals surface area contributed by atoms with E-state index in [9.17, 15) is 4.79 Å². The smallest absolute Gasteiger partial charge is 0.255 e. The third-order valence-corrected chi connectivity index (χ3v) is 4.57. The lowest BCUT2D eigenvalue weighted by Gasteiger charge is -2.12. The highest BCUT2D eigenvalue weighted by Gasteiger charge is 2.21. The number of rotatable bonds is 7. The van der Waals surface area contributed by atoms with Gasteiger partial charge in [0.1, 0.15) is 0 Å². The molecule has 0 saturated carbocycles. The molecular formula is C23H21NO4. The molecule has 5 nitrogen and oxygen atoms in total. The van der Waals surface area contributed by atoms with Crippen molar-refractivity contribution in [3.63, 3.8) is 0 Å². The molecule has 0 radical (unpaired) electrons. The maximum atomic E-state index is 12.6. The normalized spacial score (nSPS) is 12.0. The SMILES string of the molecule is O=C(NCc1ccccc1COCc1ccccc1)c1cccc2c1OCO2. The van der Waals surface area contributed by atoms with Crippen molar-refractivity contribution >= 4 is 5.91 Å². The van der Waals surface area contributed by atoms with Gasteiger partial charge in [-0.25, -0.2) is 0 Å². The lowest BCUT2D eigenvalue weighted by atomic mass is 10.1. The van der Waals surface area contributed by atoms with Crippen molar-refractivity contribution in [2.75, 3.05) is 6.79 Å². The summed E-state index contributed by atoms with van der Waals surface area (Å²) in [6, 6.07) is 23.3. The molecule has 1 aliphatic rings. The van der Waals surface area contributed by atoms with Crippen molar-refractivity contribution in [1.82, 2.24) is 5.32 Å². The Morgan fingerprint density at radius 2 is 1.64 bits per heavy atom. The van der Waals surface area contributed by atoms with Gasteiger partial charge < -0.3 is 19.5 Å². The molecule has 1 N–H and O–H groups in total. The summed E-state index contributed by atoms with van der Waals surface area (Å²) in [6.45, 7) is 1.59. The Morgan fingerprint density at radius 1 is 0.857 bits per heavy atom. The van der Waals surface area contributed by atoms with Crippen molar-refractivity contribution in [1.29, 1.82) is 0 Å². The summed E-state index contributed by atoms with van der Waals surface area (Å²) in [5.74, 6) is 0.907. The number of para-hydroxylation sites is 1. The zero-order valence-corrected chi connectivity index (χ0v) is 15.4. The number of hydrogen-bond donors (Lipinski definition) is 1. The minimum absolute atomic E-state index is 0.140. The molecule has 142 valence electrons. The molecule has 1 aliphatic heterocycles. The van der Waals surface area contributed by atoms with Gasteiger partial charge in [-0.15, -0.1) is 0 Å². The van der Waals surface area contributed by atoms with Gasteiger partial charge in [-0.1, -0.05) is 60.7 Å². The number of amides is 1. The van der Waals surface area contributed by atoms with E-state index in [0.717, 1.165) is 16.7 Å². The summed E-state index contributed by atoms with van der Waals surface area (Å²) in [5.41, 5.74) is 3.69. The molecule has 3 aromatic carbocycles. The van der Waals surface area contributed by atoms with Crippen molar-refractivity contribution < 1.29 is 19.0 Å². The van der Waals surface area contributed by atoms with E-state index in [1.54, 1.807) is 18.2 Å².